The highest BCUT2D eigenvalue weighted by atomic mass is 35.5. The summed E-state index contributed by atoms with van der Waals surface area (Å²) < 4.78 is 33.0. The Labute approximate surface area is 181 Å². The minimum Gasteiger partial charge on any atom is -0.495 e. The molecule has 3 aromatic rings. The van der Waals surface area contributed by atoms with Crippen LogP contribution in [0.25, 0.3) is 0 Å². The third-order valence-corrected chi connectivity index (χ3v) is 6.69. The van der Waals surface area contributed by atoms with Crippen molar-refractivity contribution in [3.05, 3.63) is 83.4 Å². The first-order valence-electron chi connectivity index (χ1n) is 9.20. The van der Waals surface area contributed by atoms with Gasteiger partial charge in [0.1, 0.15) is 5.75 Å². The summed E-state index contributed by atoms with van der Waals surface area (Å²) in [6.07, 6.45) is 0. The summed E-state index contributed by atoms with van der Waals surface area (Å²) >= 11 is 6.21. The molecule has 3 aromatic carbocycles. The Bertz CT molecular complexity index is 1150. The number of carbonyl (C=O) groups is 1. The zero-order valence-corrected chi connectivity index (χ0v) is 18.1. The van der Waals surface area contributed by atoms with E-state index in [1.165, 1.54) is 29.6 Å². The van der Waals surface area contributed by atoms with Crippen LogP contribution in [0.2, 0.25) is 5.02 Å². The average molecular weight is 445 g/mol. The van der Waals surface area contributed by atoms with E-state index in [4.69, 9.17) is 16.3 Å². The van der Waals surface area contributed by atoms with Gasteiger partial charge in [-0.3, -0.25) is 9.10 Å². The average Bonchev–Trinajstić information content (AvgIpc) is 2.75. The largest absolute Gasteiger partial charge is 0.495 e. The fourth-order valence-electron chi connectivity index (χ4n) is 2.99. The summed E-state index contributed by atoms with van der Waals surface area (Å²) in [4.78, 5) is 12.8. The normalized spacial score (nSPS) is 11.0. The number of nitrogens with one attached hydrogen (secondary N) is 1. The van der Waals surface area contributed by atoms with Crippen LogP contribution in [-0.2, 0) is 10.0 Å². The molecule has 156 valence electrons. The van der Waals surface area contributed by atoms with Crippen molar-refractivity contribution in [2.45, 2.75) is 11.8 Å². The fraction of sp³-hybridized carbons (Fsp3) is 0.136. The van der Waals surface area contributed by atoms with Gasteiger partial charge in [0.05, 0.1) is 34.0 Å². The lowest BCUT2D eigenvalue weighted by molar-refractivity contribution is 0.102. The van der Waals surface area contributed by atoms with Crippen LogP contribution in [0.4, 0.5) is 11.4 Å². The number of hydrogen-bond acceptors (Lipinski definition) is 4. The fourth-order valence-corrected chi connectivity index (χ4v) is 4.69. The molecule has 0 atom stereocenters. The van der Waals surface area contributed by atoms with Gasteiger partial charge in [0.25, 0.3) is 15.9 Å². The summed E-state index contributed by atoms with van der Waals surface area (Å²) in [5.74, 6) is -0.0590. The topological polar surface area (TPSA) is 75.7 Å². The van der Waals surface area contributed by atoms with Gasteiger partial charge in [0, 0.05) is 6.54 Å². The molecule has 0 spiro atoms. The van der Waals surface area contributed by atoms with E-state index in [2.05, 4.69) is 5.32 Å². The Morgan fingerprint density at radius 1 is 1.03 bits per heavy atom. The zero-order valence-electron chi connectivity index (χ0n) is 16.5. The number of carbonyl (C=O) groups excluding carboxylic acids is 1. The summed E-state index contributed by atoms with van der Waals surface area (Å²) in [5, 5.41) is 2.86. The minimum atomic E-state index is -3.89. The second-order valence-corrected chi connectivity index (χ2v) is 8.57. The van der Waals surface area contributed by atoms with Crippen LogP contribution in [0, 0.1) is 0 Å². The number of rotatable bonds is 7. The molecule has 0 unspecified atom stereocenters. The highest BCUT2D eigenvalue weighted by Crippen LogP contribution is 2.28. The molecule has 0 aliphatic carbocycles. The van der Waals surface area contributed by atoms with Crippen LogP contribution in [0.5, 0.6) is 5.75 Å². The van der Waals surface area contributed by atoms with E-state index in [0.717, 1.165) is 0 Å². The molecule has 0 aromatic heterocycles. The third kappa shape index (κ3) is 4.42. The van der Waals surface area contributed by atoms with Gasteiger partial charge in [-0.15, -0.1) is 0 Å². The summed E-state index contributed by atoms with van der Waals surface area (Å²) in [7, 11) is -2.40. The van der Waals surface area contributed by atoms with Gasteiger partial charge in [-0.05, 0) is 49.4 Å². The number of para-hydroxylation sites is 3. The second kappa shape index (κ2) is 9.19. The molecule has 6 nitrogen and oxygen atoms in total. The molecule has 0 radical (unpaired) electrons. The monoisotopic (exact) mass is 444 g/mol. The predicted octanol–water partition coefficient (Wildman–Crippen LogP) is 4.82. The van der Waals surface area contributed by atoms with Crippen LogP contribution in [0.3, 0.4) is 0 Å². The molecule has 0 saturated heterocycles. The van der Waals surface area contributed by atoms with Crippen molar-refractivity contribution in [1.29, 1.82) is 0 Å². The van der Waals surface area contributed by atoms with Crippen molar-refractivity contribution in [3.63, 3.8) is 0 Å². The van der Waals surface area contributed by atoms with Crippen LogP contribution in [-0.4, -0.2) is 28.0 Å². The van der Waals surface area contributed by atoms with Crippen molar-refractivity contribution in [1.82, 2.24) is 0 Å². The van der Waals surface area contributed by atoms with Crippen molar-refractivity contribution in [2.75, 3.05) is 23.3 Å². The van der Waals surface area contributed by atoms with Gasteiger partial charge >= 0.3 is 0 Å². The molecule has 0 fully saturated rings. The molecule has 1 amide bonds. The Morgan fingerprint density at radius 2 is 1.70 bits per heavy atom. The van der Waals surface area contributed by atoms with Gasteiger partial charge < -0.3 is 10.1 Å². The van der Waals surface area contributed by atoms with E-state index in [9.17, 15) is 13.2 Å². The maximum absolute atomic E-state index is 13.2. The lowest BCUT2D eigenvalue weighted by Crippen LogP contribution is -2.31. The van der Waals surface area contributed by atoms with Crippen molar-refractivity contribution >= 4 is 38.9 Å². The summed E-state index contributed by atoms with van der Waals surface area (Å²) in [6, 6.07) is 19.8. The van der Waals surface area contributed by atoms with Gasteiger partial charge in [-0.2, -0.15) is 0 Å². The molecule has 0 heterocycles. The van der Waals surface area contributed by atoms with E-state index in [-0.39, 0.29) is 22.0 Å². The number of methoxy groups -OCH3 is 1. The van der Waals surface area contributed by atoms with Crippen molar-refractivity contribution in [3.8, 4) is 5.75 Å². The van der Waals surface area contributed by atoms with Crippen LogP contribution >= 0.6 is 11.6 Å². The predicted molar refractivity (Wildman–Crippen MR) is 119 cm³/mol. The number of anilines is 2. The number of sulfonamides is 1. The Morgan fingerprint density at radius 3 is 2.37 bits per heavy atom. The number of nitrogens with zero attached hydrogens (tertiary/aromatic N) is 1. The SMILES string of the molecule is CCN(c1ccccc1)S(=O)(=O)c1ccc(Cl)c(C(=O)Nc2ccccc2OC)c1. The highest BCUT2D eigenvalue weighted by molar-refractivity contribution is 7.92. The third-order valence-electron chi connectivity index (χ3n) is 4.46. The smallest absolute Gasteiger partial charge is 0.264 e. The maximum Gasteiger partial charge on any atom is 0.264 e. The minimum absolute atomic E-state index is 0.0252. The standard InChI is InChI=1S/C22H21ClN2O4S/c1-3-25(16-9-5-4-6-10-16)30(27,28)17-13-14-19(23)18(15-17)22(26)24-20-11-7-8-12-21(20)29-2/h4-15H,3H2,1-2H3,(H,24,26). The van der Waals surface area contributed by atoms with Crippen molar-refractivity contribution in [2.24, 2.45) is 0 Å². The Hall–Kier alpha value is -3.03. The summed E-state index contributed by atoms with van der Waals surface area (Å²) in [6.45, 7) is 1.98. The molecular formula is C22H21ClN2O4S. The molecule has 3 rings (SSSR count). The van der Waals surface area contributed by atoms with E-state index in [1.54, 1.807) is 55.5 Å². The molecule has 30 heavy (non-hydrogen) atoms. The van der Waals surface area contributed by atoms with E-state index in [0.29, 0.717) is 17.1 Å². The van der Waals surface area contributed by atoms with E-state index >= 15 is 0 Å². The van der Waals surface area contributed by atoms with Gasteiger partial charge in [0.15, 0.2) is 0 Å². The first kappa shape index (κ1) is 21.7. The number of amides is 1. The molecule has 8 heteroatoms. The quantitative estimate of drug-likeness (QED) is 0.567. The number of halogens is 1. The van der Waals surface area contributed by atoms with Crippen LogP contribution in [0.15, 0.2) is 77.7 Å². The van der Waals surface area contributed by atoms with Gasteiger partial charge in [-0.1, -0.05) is 41.9 Å². The first-order chi connectivity index (χ1) is 14.4. The number of ether oxygens (including phenoxy) is 1. The molecule has 0 saturated carbocycles. The van der Waals surface area contributed by atoms with Gasteiger partial charge in [-0.25, -0.2) is 8.42 Å². The van der Waals surface area contributed by atoms with Crippen molar-refractivity contribution < 1.29 is 17.9 Å². The number of benzene rings is 3. The van der Waals surface area contributed by atoms with Crippen LogP contribution in [0.1, 0.15) is 17.3 Å². The molecule has 0 bridgehead atoms. The molecule has 0 aliphatic heterocycles. The Balaban J connectivity index is 1.97. The second-order valence-electron chi connectivity index (χ2n) is 6.30. The zero-order chi connectivity index (χ0) is 21.7. The highest BCUT2D eigenvalue weighted by Gasteiger charge is 2.25. The molecule has 0 aliphatic rings. The van der Waals surface area contributed by atoms with Crippen LogP contribution < -0.4 is 14.4 Å². The lowest BCUT2D eigenvalue weighted by atomic mass is 10.2. The first-order valence-corrected chi connectivity index (χ1v) is 11.0. The summed E-state index contributed by atoms with van der Waals surface area (Å²) in [5.41, 5.74) is 1.04. The lowest BCUT2D eigenvalue weighted by Gasteiger charge is -2.23. The van der Waals surface area contributed by atoms with E-state index < -0.39 is 15.9 Å². The Kier molecular flexibility index (Phi) is 6.64. The van der Waals surface area contributed by atoms with Gasteiger partial charge in [0.2, 0.25) is 0 Å². The van der Waals surface area contributed by atoms with E-state index in [1.807, 2.05) is 6.07 Å². The molecular weight excluding hydrogens is 424 g/mol. The maximum atomic E-state index is 13.2. The number of hydrogen-bond donors (Lipinski definition) is 1. The molecule has 1 N–H and O–H groups in total.